The Kier molecular flexibility index (Phi) is 4.11. The zero-order chi connectivity index (χ0) is 13.1. The summed E-state index contributed by atoms with van der Waals surface area (Å²) in [5.74, 6) is 0. The van der Waals surface area contributed by atoms with Crippen LogP contribution in [0.5, 0.6) is 0 Å². The molecule has 1 aromatic heterocycles. The predicted octanol–water partition coefficient (Wildman–Crippen LogP) is 1.39. The minimum absolute atomic E-state index is 0.407. The molecule has 2 rings (SSSR count). The van der Waals surface area contributed by atoms with Gasteiger partial charge in [0.1, 0.15) is 6.10 Å². The van der Waals surface area contributed by atoms with Gasteiger partial charge in [-0.25, -0.2) is 0 Å². The van der Waals surface area contributed by atoms with Crippen LogP contribution in [0.2, 0.25) is 0 Å². The van der Waals surface area contributed by atoms with Crippen molar-refractivity contribution in [2.45, 2.75) is 18.6 Å². The van der Waals surface area contributed by atoms with Crippen LogP contribution in [0, 0.1) is 0 Å². The van der Waals surface area contributed by atoms with E-state index in [4.69, 9.17) is 5.73 Å². The van der Waals surface area contributed by atoms with Crippen LogP contribution >= 0.6 is 15.9 Å². The summed E-state index contributed by atoms with van der Waals surface area (Å²) in [6.07, 6.45) is 1.58. The van der Waals surface area contributed by atoms with Crippen molar-refractivity contribution in [3.05, 3.63) is 30.1 Å². The number of nitrogens with two attached hydrogens (primary N) is 1. The van der Waals surface area contributed by atoms with Crippen LogP contribution in [-0.4, -0.2) is 31.6 Å². The molecule has 0 saturated carbocycles. The molecule has 0 fully saturated rings. The van der Waals surface area contributed by atoms with Gasteiger partial charge in [-0.05, 0) is 18.6 Å². The average molecular weight is 312 g/mol. The van der Waals surface area contributed by atoms with Gasteiger partial charge in [-0.3, -0.25) is 9.97 Å². The Morgan fingerprint density at radius 3 is 2.67 bits per heavy atom. The number of benzene rings is 1. The lowest BCUT2D eigenvalue weighted by Gasteiger charge is -2.19. The molecule has 18 heavy (non-hydrogen) atoms. The minimum atomic E-state index is -1.07. The Hall–Kier alpha value is -1.24. The van der Waals surface area contributed by atoms with Crippen molar-refractivity contribution in [2.75, 3.05) is 11.1 Å². The summed E-state index contributed by atoms with van der Waals surface area (Å²) < 4.78 is 0. The normalized spacial score (nSPS) is 14.6. The second-order valence-corrected chi connectivity index (χ2v) is 4.78. The number of hydrogen-bond donors (Lipinski definition) is 3. The van der Waals surface area contributed by atoms with E-state index in [1.54, 1.807) is 18.3 Å². The molecule has 0 amide bonds. The Morgan fingerprint density at radius 1 is 1.22 bits per heavy atom. The van der Waals surface area contributed by atoms with E-state index in [1.165, 1.54) is 6.20 Å². The lowest BCUT2D eigenvalue weighted by molar-refractivity contribution is 0.0185. The van der Waals surface area contributed by atoms with E-state index in [2.05, 4.69) is 25.9 Å². The van der Waals surface area contributed by atoms with Gasteiger partial charge in [0, 0.05) is 29.0 Å². The van der Waals surface area contributed by atoms with Crippen molar-refractivity contribution in [1.82, 2.24) is 9.97 Å². The summed E-state index contributed by atoms with van der Waals surface area (Å²) in [5, 5.41) is 20.7. The molecular weight excluding hydrogens is 298 g/mol. The van der Waals surface area contributed by atoms with Gasteiger partial charge in [-0.15, -0.1) is 0 Å². The second kappa shape index (κ2) is 5.60. The zero-order valence-corrected chi connectivity index (χ0v) is 11.2. The molecule has 0 spiro atoms. The molecule has 96 valence electrons. The fraction of sp³-hybridized carbons (Fsp3) is 0.333. The zero-order valence-electron chi connectivity index (χ0n) is 9.62. The largest absolute Gasteiger partial charge is 0.398 e. The van der Waals surface area contributed by atoms with Crippen LogP contribution in [0.3, 0.4) is 0 Å². The highest BCUT2D eigenvalue weighted by molar-refractivity contribution is 9.09. The summed E-state index contributed by atoms with van der Waals surface area (Å²) in [6, 6.07) is 3.40. The number of nitrogens with zero attached hydrogens (tertiary/aromatic N) is 2. The monoisotopic (exact) mass is 311 g/mol. The maximum atomic E-state index is 10.2. The fourth-order valence-electron chi connectivity index (χ4n) is 1.85. The molecule has 1 aromatic carbocycles. The molecule has 0 bridgehead atoms. The summed E-state index contributed by atoms with van der Waals surface area (Å²) >= 11 is 3.23. The number of rotatable bonds is 4. The summed E-state index contributed by atoms with van der Waals surface area (Å²) in [6.45, 7) is 0. The van der Waals surface area contributed by atoms with Gasteiger partial charge in [-0.1, -0.05) is 15.9 Å². The number of alkyl halides is 1. The first-order valence-corrected chi connectivity index (χ1v) is 6.68. The van der Waals surface area contributed by atoms with Gasteiger partial charge in [0.2, 0.25) is 0 Å². The van der Waals surface area contributed by atoms with Gasteiger partial charge in [0.15, 0.2) is 0 Å². The number of aromatic nitrogens is 2. The second-order valence-electron chi connectivity index (χ2n) is 3.98. The Balaban J connectivity index is 2.51. The Morgan fingerprint density at radius 2 is 1.94 bits per heavy atom. The van der Waals surface area contributed by atoms with Crippen molar-refractivity contribution < 1.29 is 10.2 Å². The Labute approximate surface area is 113 Å². The molecule has 2 unspecified atom stereocenters. The van der Waals surface area contributed by atoms with Gasteiger partial charge in [0.25, 0.3) is 0 Å². The third-order valence-corrected chi connectivity index (χ3v) is 3.24. The van der Waals surface area contributed by atoms with Crippen LogP contribution in [-0.2, 0) is 0 Å². The fourth-order valence-corrected chi connectivity index (χ4v) is 2.32. The van der Waals surface area contributed by atoms with Crippen LogP contribution in [0.1, 0.15) is 18.1 Å². The standard InChI is InChI=1S/C12H14BrN3O2/c13-4-3-9(17)12(18)10-7(14)1-2-8-11(10)16-6-5-15-8/h1-2,5-6,9,12,17-18H,3-4,14H2. The van der Waals surface area contributed by atoms with E-state index in [1.807, 2.05) is 0 Å². The first kappa shape index (κ1) is 13.2. The van der Waals surface area contributed by atoms with Crippen molar-refractivity contribution >= 4 is 32.7 Å². The summed E-state index contributed by atoms with van der Waals surface area (Å²) in [7, 11) is 0. The third-order valence-electron chi connectivity index (χ3n) is 2.78. The molecule has 0 aliphatic rings. The molecule has 2 aromatic rings. The highest BCUT2D eigenvalue weighted by atomic mass is 79.9. The quantitative estimate of drug-likeness (QED) is 0.586. The molecule has 0 aliphatic carbocycles. The van der Waals surface area contributed by atoms with Crippen molar-refractivity contribution in [3.8, 4) is 0 Å². The number of aliphatic hydroxyl groups excluding tert-OH is 2. The topological polar surface area (TPSA) is 92.3 Å². The number of anilines is 1. The molecule has 2 atom stereocenters. The average Bonchev–Trinajstić information content (AvgIpc) is 2.38. The SMILES string of the molecule is Nc1ccc2nccnc2c1C(O)C(O)CCBr. The van der Waals surface area contributed by atoms with Gasteiger partial charge < -0.3 is 15.9 Å². The van der Waals surface area contributed by atoms with Crippen molar-refractivity contribution in [3.63, 3.8) is 0 Å². The number of aliphatic hydroxyl groups is 2. The number of hydrogen-bond acceptors (Lipinski definition) is 5. The van der Waals surface area contributed by atoms with E-state index >= 15 is 0 Å². The molecule has 0 aliphatic heterocycles. The first-order chi connectivity index (χ1) is 8.65. The first-order valence-electron chi connectivity index (χ1n) is 5.56. The van der Waals surface area contributed by atoms with Crippen LogP contribution < -0.4 is 5.73 Å². The predicted molar refractivity (Wildman–Crippen MR) is 73.3 cm³/mol. The van der Waals surface area contributed by atoms with Crippen LogP contribution in [0.4, 0.5) is 5.69 Å². The maximum Gasteiger partial charge on any atom is 0.109 e. The van der Waals surface area contributed by atoms with E-state index in [-0.39, 0.29) is 0 Å². The van der Waals surface area contributed by atoms with Gasteiger partial charge in [0.05, 0.1) is 17.1 Å². The van der Waals surface area contributed by atoms with Gasteiger partial charge in [-0.2, -0.15) is 0 Å². The lowest BCUT2D eigenvalue weighted by atomic mass is 9.99. The molecule has 4 N–H and O–H groups in total. The van der Waals surface area contributed by atoms with E-state index < -0.39 is 12.2 Å². The van der Waals surface area contributed by atoms with Crippen LogP contribution in [0.25, 0.3) is 11.0 Å². The van der Waals surface area contributed by atoms with Crippen LogP contribution in [0.15, 0.2) is 24.5 Å². The molecular formula is C12H14BrN3O2. The van der Waals surface area contributed by atoms with E-state index in [0.717, 1.165) is 0 Å². The molecule has 0 radical (unpaired) electrons. The highest BCUT2D eigenvalue weighted by Crippen LogP contribution is 2.30. The lowest BCUT2D eigenvalue weighted by Crippen LogP contribution is -2.20. The van der Waals surface area contributed by atoms with Gasteiger partial charge >= 0.3 is 0 Å². The van der Waals surface area contributed by atoms with E-state index in [9.17, 15) is 10.2 Å². The maximum absolute atomic E-state index is 10.2. The van der Waals surface area contributed by atoms with E-state index in [0.29, 0.717) is 34.0 Å². The molecule has 5 nitrogen and oxygen atoms in total. The Bertz CT molecular complexity index is 550. The molecule has 6 heteroatoms. The number of halogens is 1. The van der Waals surface area contributed by atoms with Crippen molar-refractivity contribution in [2.24, 2.45) is 0 Å². The molecule has 0 saturated heterocycles. The summed E-state index contributed by atoms with van der Waals surface area (Å²) in [5.41, 5.74) is 7.89. The highest BCUT2D eigenvalue weighted by Gasteiger charge is 2.23. The third kappa shape index (κ3) is 2.45. The smallest absolute Gasteiger partial charge is 0.109 e. The number of fused-ring (bicyclic) bond motifs is 1. The minimum Gasteiger partial charge on any atom is -0.398 e. The summed E-state index contributed by atoms with van der Waals surface area (Å²) in [4.78, 5) is 8.33. The number of nitrogen functional groups attached to an aromatic ring is 1. The molecule has 1 heterocycles. The van der Waals surface area contributed by atoms with Crippen molar-refractivity contribution in [1.29, 1.82) is 0 Å².